The number of allylic oxidation sites excluding steroid dienone is 1. The fourth-order valence-corrected chi connectivity index (χ4v) is 4.06. The molecule has 0 atom stereocenters. The van der Waals surface area contributed by atoms with Gasteiger partial charge in [-0.25, -0.2) is 8.42 Å². The van der Waals surface area contributed by atoms with Crippen molar-refractivity contribution in [2.45, 2.75) is 17.7 Å². The quantitative estimate of drug-likeness (QED) is 0.392. The van der Waals surface area contributed by atoms with E-state index in [4.69, 9.17) is 16.3 Å². The van der Waals surface area contributed by atoms with E-state index < -0.39 is 26.5 Å². The summed E-state index contributed by atoms with van der Waals surface area (Å²) in [7, 11) is -4.11. The second kappa shape index (κ2) is 9.47. The van der Waals surface area contributed by atoms with E-state index in [2.05, 4.69) is 0 Å². The van der Waals surface area contributed by atoms with Gasteiger partial charge in [0.2, 0.25) is 9.84 Å². The topological polar surface area (TPSA) is 67.2 Å². The zero-order valence-electron chi connectivity index (χ0n) is 16.3. The summed E-state index contributed by atoms with van der Waals surface area (Å²) in [6.45, 7) is -0.180. The molecule has 3 aromatic rings. The molecule has 0 aliphatic carbocycles. The molecule has 0 saturated heterocycles. The third kappa shape index (κ3) is 5.49. The normalized spacial score (nSPS) is 12.3. The van der Waals surface area contributed by atoms with E-state index in [-0.39, 0.29) is 28.4 Å². The lowest BCUT2D eigenvalue weighted by atomic mass is 10.1. The lowest BCUT2D eigenvalue weighted by Gasteiger charge is -2.12. The molecular weight excluding hydrogens is 463 g/mol. The Bertz CT molecular complexity index is 1300. The predicted molar refractivity (Wildman–Crippen MR) is 114 cm³/mol. The summed E-state index contributed by atoms with van der Waals surface area (Å²) in [5.41, 5.74) is -0.228. The Labute approximate surface area is 188 Å². The molecule has 0 bridgehead atoms. The lowest BCUT2D eigenvalue weighted by molar-refractivity contribution is -0.137. The zero-order valence-corrected chi connectivity index (χ0v) is 17.9. The first-order valence-electron chi connectivity index (χ1n) is 9.11. The summed E-state index contributed by atoms with van der Waals surface area (Å²) in [4.78, 5) is -0.619. The Hall–Kier alpha value is -3.28. The summed E-state index contributed by atoms with van der Waals surface area (Å²) in [5.74, 6) is 0.212. The lowest BCUT2D eigenvalue weighted by Crippen LogP contribution is -2.06. The molecule has 0 saturated carbocycles. The van der Waals surface area contributed by atoms with E-state index in [1.54, 1.807) is 18.2 Å². The molecule has 0 N–H and O–H groups in total. The molecule has 0 spiro atoms. The fourth-order valence-electron chi connectivity index (χ4n) is 2.78. The van der Waals surface area contributed by atoms with Crippen molar-refractivity contribution in [3.8, 4) is 11.8 Å². The number of ether oxygens (including phenoxy) is 1. The maximum Gasteiger partial charge on any atom is 0.416 e. The van der Waals surface area contributed by atoms with Crippen LogP contribution in [0.2, 0.25) is 5.02 Å². The van der Waals surface area contributed by atoms with Gasteiger partial charge in [-0.2, -0.15) is 18.4 Å². The molecular formula is C23H15ClF3NO3S. The smallest absolute Gasteiger partial charge is 0.416 e. The summed E-state index contributed by atoms with van der Waals surface area (Å²) in [6.07, 6.45) is -3.32. The Balaban J connectivity index is 1.90. The van der Waals surface area contributed by atoms with Crippen molar-refractivity contribution in [2.75, 3.05) is 0 Å². The van der Waals surface area contributed by atoms with Gasteiger partial charge >= 0.3 is 6.18 Å². The van der Waals surface area contributed by atoms with Crippen molar-refractivity contribution in [1.82, 2.24) is 0 Å². The van der Waals surface area contributed by atoms with Gasteiger partial charge in [0.05, 0.1) is 10.5 Å². The fraction of sp³-hybridized carbons (Fsp3) is 0.0870. The van der Waals surface area contributed by atoms with E-state index in [1.807, 2.05) is 0 Å². The van der Waals surface area contributed by atoms with Crippen LogP contribution in [0.25, 0.3) is 6.08 Å². The Kier molecular flexibility index (Phi) is 6.92. The third-order valence-corrected chi connectivity index (χ3v) is 6.31. The number of rotatable bonds is 6. The molecule has 0 aromatic heterocycles. The molecule has 9 heteroatoms. The van der Waals surface area contributed by atoms with Crippen LogP contribution in [-0.2, 0) is 22.6 Å². The Morgan fingerprint density at radius 3 is 2.38 bits per heavy atom. The number of benzene rings is 3. The van der Waals surface area contributed by atoms with Crippen LogP contribution in [0.3, 0.4) is 0 Å². The molecule has 3 rings (SSSR count). The molecule has 0 aliphatic rings. The molecule has 0 unspecified atom stereocenters. The van der Waals surface area contributed by atoms with Crippen LogP contribution in [0.5, 0.6) is 5.75 Å². The van der Waals surface area contributed by atoms with E-state index >= 15 is 0 Å². The van der Waals surface area contributed by atoms with Crippen molar-refractivity contribution >= 4 is 27.5 Å². The van der Waals surface area contributed by atoms with Gasteiger partial charge in [0.1, 0.15) is 23.3 Å². The van der Waals surface area contributed by atoms with Gasteiger partial charge < -0.3 is 4.74 Å². The van der Waals surface area contributed by atoms with Crippen molar-refractivity contribution in [3.05, 3.63) is 99.4 Å². The van der Waals surface area contributed by atoms with Crippen LogP contribution in [0.4, 0.5) is 13.2 Å². The van der Waals surface area contributed by atoms with Crippen LogP contribution in [0.15, 0.2) is 82.6 Å². The average molecular weight is 478 g/mol. The molecule has 0 radical (unpaired) electrons. The molecule has 3 aromatic carbocycles. The molecule has 0 fully saturated rings. The number of hydrogen-bond acceptors (Lipinski definition) is 4. The predicted octanol–water partition coefficient (Wildman–Crippen LogP) is 6.28. The van der Waals surface area contributed by atoms with Crippen LogP contribution >= 0.6 is 11.6 Å². The number of nitriles is 1. The maximum atomic E-state index is 12.9. The summed E-state index contributed by atoms with van der Waals surface area (Å²) >= 11 is 5.79. The molecule has 164 valence electrons. The van der Waals surface area contributed by atoms with Gasteiger partial charge in [0, 0.05) is 10.6 Å². The highest BCUT2D eigenvalue weighted by molar-refractivity contribution is 7.95. The molecule has 0 heterocycles. The van der Waals surface area contributed by atoms with Crippen LogP contribution in [0, 0.1) is 11.3 Å². The number of hydrogen-bond donors (Lipinski definition) is 0. The van der Waals surface area contributed by atoms with E-state index in [1.165, 1.54) is 48.5 Å². The van der Waals surface area contributed by atoms with Crippen molar-refractivity contribution in [1.29, 1.82) is 5.26 Å². The van der Waals surface area contributed by atoms with Crippen molar-refractivity contribution < 1.29 is 26.3 Å². The number of alkyl halides is 3. The van der Waals surface area contributed by atoms with Crippen molar-refractivity contribution in [3.63, 3.8) is 0 Å². The van der Waals surface area contributed by atoms with Crippen LogP contribution in [-0.4, -0.2) is 8.42 Å². The number of para-hydroxylation sites is 1. The van der Waals surface area contributed by atoms with E-state index in [0.29, 0.717) is 5.02 Å². The van der Waals surface area contributed by atoms with Gasteiger partial charge in [-0.05, 0) is 54.1 Å². The standard InChI is InChI=1S/C23H15ClF3NO3S/c24-19-8-10-20(11-9-19)32(29,30)21(14-28)13-17-5-1-2-7-22(17)31-15-16-4-3-6-18(12-16)23(25,26)27/h1-13H,15H2/b21-13-. The largest absolute Gasteiger partial charge is 0.488 e. The van der Waals surface area contributed by atoms with E-state index in [9.17, 15) is 26.9 Å². The van der Waals surface area contributed by atoms with E-state index in [0.717, 1.165) is 18.2 Å². The second-order valence-electron chi connectivity index (χ2n) is 6.60. The summed E-state index contributed by atoms with van der Waals surface area (Å²) in [6, 6.07) is 18.1. The monoisotopic (exact) mass is 477 g/mol. The van der Waals surface area contributed by atoms with Gasteiger partial charge in [0.25, 0.3) is 0 Å². The second-order valence-corrected chi connectivity index (χ2v) is 8.96. The number of sulfone groups is 1. The minimum absolute atomic E-state index is 0.0999. The first kappa shape index (κ1) is 23.4. The highest BCUT2D eigenvalue weighted by atomic mass is 35.5. The Morgan fingerprint density at radius 2 is 1.72 bits per heavy atom. The Morgan fingerprint density at radius 1 is 1.03 bits per heavy atom. The first-order valence-corrected chi connectivity index (χ1v) is 11.0. The average Bonchev–Trinajstić information content (AvgIpc) is 2.76. The van der Waals surface area contributed by atoms with Gasteiger partial charge in [0.15, 0.2) is 0 Å². The third-order valence-electron chi connectivity index (χ3n) is 4.38. The van der Waals surface area contributed by atoms with Crippen LogP contribution in [0.1, 0.15) is 16.7 Å². The highest BCUT2D eigenvalue weighted by Crippen LogP contribution is 2.30. The first-order chi connectivity index (χ1) is 15.1. The zero-order chi connectivity index (χ0) is 23.4. The SMILES string of the molecule is N#C/C(=C/c1ccccc1OCc1cccc(C(F)(F)F)c1)S(=O)(=O)c1ccc(Cl)cc1. The van der Waals surface area contributed by atoms with Crippen LogP contribution < -0.4 is 4.74 Å². The maximum absolute atomic E-state index is 12.9. The molecule has 4 nitrogen and oxygen atoms in total. The number of nitrogens with zero attached hydrogens (tertiary/aromatic N) is 1. The van der Waals surface area contributed by atoms with Gasteiger partial charge in [-0.3, -0.25) is 0 Å². The van der Waals surface area contributed by atoms with Crippen molar-refractivity contribution in [2.24, 2.45) is 0 Å². The minimum Gasteiger partial charge on any atom is -0.488 e. The summed E-state index contributed by atoms with van der Waals surface area (Å²) in [5, 5.41) is 9.82. The molecule has 0 amide bonds. The molecule has 0 aliphatic heterocycles. The number of halogens is 4. The molecule has 32 heavy (non-hydrogen) atoms. The summed E-state index contributed by atoms with van der Waals surface area (Å²) < 4.78 is 70.0. The highest BCUT2D eigenvalue weighted by Gasteiger charge is 2.30. The minimum atomic E-state index is -4.48. The van der Waals surface area contributed by atoms with Gasteiger partial charge in [-0.15, -0.1) is 0 Å². The van der Waals surface area contributed by atoms with Gasteiger partial charge in [-0.1, -0.05) is 41.9 Å².